The predicted octanol–water partition coefficient (Wildman–Crippen LogP) is 3.43. The van der Waals surface area contributed by atoms with Crippen molar-refractivity contribution in [3.8, 4) is 11.5 Å². The molecule has 2 aromatic carbocycles. The van der Waals surface area contributed by atoms with Crippen LogP contribution in [0.2, 0.25) is 5.02 Å². The maximum Gasteiger partial charge on any atom is 0.338 e. The SMILES string of the molecule is O=C(OCc1ccccc1Cl)c1ccc2c(c1)OCO2. The number of carbonyl (C=O) groups is 1. The second kappa shape index (κ2) is 5.43. The number of hydrogen-bond acceptors (Lipinski definition) is 4. The zero-order valence-electron chi connectivity index (χ0n) is 10.5. The molecule has 0 aliphatic carbocycles. The summed E-state index contributed by atoms with van der Waals surface area (Å²) >= 11 is 6.00. The number of halogens is 1. The summed E-state index contributed by atoms with van der Waals surface area (Å²) in [5.74, 6) is 0.757. The fraction of sp³-hybridized carbons (Fsp3) is 0.133. The highest BCUT2D eigenvalue weighted by Crippen LogP contribution is 2.32. The van der Waals surface area contributed by atoms with Crippen LogP contribution in [0.4, 0.5) is 0 Å². The molecular formula is C15H11ClO4. The van der Waals surface area contributed by atoms with Crippen LogP contribution in [0.3, 0.4) is 0 Å². The third-order valence-electron chi connectivity index (χ3n) is 2.92. The minimum atomic E-state index is -0.428. The summed E-state index contributed by atoms with van der Waals surface area (Å²) < 4.78 is 15.6. The van der Waals surface area contributed by atoms with E-state index in [1.165, 1.54) is 0 Å². The fourth-order valence-corrected chi connectivity index (χ4v) is 2.06. The average Bonchev–Trinajstić information content (AvgIpc) is 2.93. The Bertz CT molecular complexity index is 654. The van der Waals surface area contributed by atoms with E-state index in [9.17, 15) is 4.79 Å². The van der Waals surface area contributed by atoms with Gasteiger partial charge >= 0.3 is 5.97 Å². The minimum Gasteiger partial charge on any atom is -0.457 e. The lowest BCUT2D eigenvalue weighted by atomic mass is 10.2. The van der Waals surface area contributed by atoms with E-state index >= 15 is 0 Å². The largest absolute Gasteiger partial charge is 0.457 e. The van der Waals surface area contributed by atoms with Gasteiger partial charge in [0.15, 0.2) is 11.5 Å². The Labute approximate surface area is 120 Å². The number of fused-ring (bicyclic) bond motifs is 1. The van der Waals surface area contributed by atoms with Gasteiger partial charge in [0.1, 0.15) is 6.61 Å². The third-order valence-corrected chi connectivity index (χ3v) is 3.29. The molecule has 0 atom stereocenters. The zero-order chi connectivity index (χ0) is 13.9. The van der Waals surface area contributed by atoms with Gasteiger partial charge in [0.2, 0.25) is 6.79 Å². The minimum absolute atomic E-state index is 0.132. The Hall–Kier alpha value is -2.20. The Balaban J connectivity index is 1.69. The number of rotatable bonds is 3. The molecule has 5 heteroatoms. The van der Waals surface area contributed by atoms with Crippen LogP contribution in [0.1, 0.15) is 15.9 Å². The number of benzene rings is 2. The van der Waals surface area contributed by atoms with Gasteiger partial charge in [0, 0.05) is 10.6 Å². The topological polar surface area (TPSA) is 44.8 Å². The maximum atomic E-state index is 12.0. The van der Waals surface area contributed by atoms with Crippen molar-refractivity contribution in [1.29, 1.82) is 0 Å². The first-order chi connectivity index (χ1) is 9.74. The van der Waals surface area contributed by atoms with E-state index in [-0.39, 0.29) is 13.4 Å². The normalized spacial score (nSPS) is 12.2. The van der Waals surface area contributed by atoms with Crippen LogP contribution < -0.4 is 9.47 Å². The second-order valence-corrected chi connectivity index (χ2v) is 4.64. The zero-order valence-corrected chi connectivity index (χ0v) is 11.2. The van der Waals surface area contributed by atoms with Crippen molar-refractivity contribution in [1.82, 2.24) is 0 Å². The molecule has 0 fully saturated rings. The van der Waals surface area contributed by atoms with Crippen LogP contribution in [0.25, 0.3) is 0 Å². The summed E-state index contributed by atoms with van der Waals surface area (Å²) in [5, 5.41) is 0.575. The van der Waals surface area contributed by atoms with Gasteiger partial charge in [-0.25, -0.2) is 4.79 Å². The molecule has 1 aliphatic heterocycles. The highest BCUT2D eigenvalue weighted by atomic mass is 35.5. The quantitative estimate of drug-likeness (QED) is 0.813. The van der Waals surface area contributed by atoms with Crippen molar-refractivity contribution in [2.45, 2.75) is 6.61 Å². The molecule has 0 saturated carbocycles. The lowest BCUT2D eigenvalue weighted by molar-refractivity contribution is 0.0472. The Morgan fingerprint density at radius 1 is 1.15 bits per heavy atom. The molecular weight excluding hydrogens is 280 g/mol. The molecule has 1 aliphatic rings. The van der Waals surface area contributed by atoms with Crippen LogP contribution in [0.15, 0.2) is 42.5 Å². The monoisotopic (exact) mass is 290 g/mol. The number of ether oxygens (including phenoxy) is 3. The predicted molar refractivity (Wildman–Crippen MR) is 73.1 cm³/mol. The third kappa shape index (κ3) is 2.56. The first-order valence-corrected chi connectivity index (χ1v) is 6.42. The summed E-state index contributed by atoms with van der Waals surface area (Å²) in [7, 11) is 0. The van der Waals surface area contributed by atoms with Gasteiger partial charge in [-0.2, -0.15) is 0 Å². The van der Waals surface area contributed by atoms with E-state index in [1.807, 2.05) is 18.2 Å². The van der Waals surface area contributed by atoms with E-state index < -0.39 is 5.97 Å². The van der Waals surface area contributed by atoms with E-state index in [1.54, 1.807) is 24.3 Å². The number of esters is 1. The Kier molecular flexibility index (Phi) is 3.48. The van der Waals surface area contributed by atoms with Crippen LogP contribution in [-0.4, -0.2) is 12.8 Å². The summed E-state index contributed by atoms with van der Waals surface area (Å²) in [6.45, 7) is 0.306. The summed E-state index contributed by atoms with van der Waals surface area (Å²) in [6.07, 6.45) is 0. The molecule has 1 heterocycles. The van der Waals surface area contributed by atoms with E-state index in [0.717, 1.165) is 5.56 Å². The summed E-state index contributed by atoms with van der Waals surface area (Å²) in [4.78, 5) is 12.0. The number of carbonyl (C=O) groups excluding carboxylic acids is 1. The molecule has 0 amide bonds. The van der Waals surface area contributed by atoms with Crippen molar-refractivity contribution >= 4 is 17.6 Å². The van der Waals surface area contributed by atoms with Gasteiger partial charge in [-0.3, -0.25) is 0 Å². The molecule has 0 spiro atoms. The van der Waals surface area contributed by atoms with Crippen molar-refractivity contribution < 1.29 is 19.0 Å². The highest BCUT2D eigenvalue weighted by Gasteiger charge is 2.17. The summed E-state index contributed by atoms with van der Waals surface area (Å²) in [5.41, 5.74) is 1.18. The molecule has 3 rings (SSSR count). The van der Waals surface area contributed by atoms with E-state index in [2.05, 4.69) is 0 Å². The second-order valence-electron chi connectivity index (χ2n) is 4.24. The average molecular weight is 291 g/mol. The molecule has 0 N–H and O–H groups in total. The van der Waals surface area contributed by atoms with Crippen LogP contribution in [0.5, 0.6) is 11.5 Å². The molecule has 0 saturated heterocycles. The Morgan fingerprint density at radius 2 is 1.95 bits per heavy atom. The molecule has 20 heavy (non-hydrogen) atoms. The molecule has 0 bridgehead atoms. The lowest BCUT2D eigenvalue weighted by Gasteiger charge is -2.07. The highest BCUT2D eigenvalue weighted by molar-refractivity contribution is 6.31. The Morgan fingerprint density at radius 3 is 2.80 bits per heavy atom. The molecule has 0 unspecified atom stereocenters. The van der Waals surface area contributed by atoms with Crippen molar-refractivity contribution in [3.05, 3.63) is 58.6 Å². The van der Waals surface area contributed by atoms with Gasteiger partial charge in [0.05, 0.1) is 5.56 Å². The smallest absolute Gasteiger partial charge is 0.338 e. The van der Waals surface area contributed by atoms with E-state index in [0.29, 0.717) is 22.1 Å². The van der Waals surface area contributed by atoms with Gasteiger partial charge < -0.3 is 14.2 Å². The maximum absolute atomic E-state index is 12.0. The summed E-state index contributed by atoms with van der Waals surface area (Å²) in [6, 6.07) is 12.2. The van der Waals surface area contributed by atoms with Crippen LogP contribution in [-0.2, 0) is 11.3 Å². The molecule has 4 nitrogen and oxygen atoms in total. The van der Waals surface area contributed by atoms with Gasteiger partial charge in [0.25, 0.3) is 0 Å². The van der Waals surface area contributed by atoms with E-state index in [4.69, 9.17) is 25.8 Å². The molecule has 0 radical (unpaired) electrons. The van der Waals surface area contributed by atoms with Gasteiger partial charge in [-0.1, -0.05) is 29.8 Å². The van der Waals surface area contributed by atoms with Crippen molar-refractivity contribution in [2.24, 2.45) is 0 Å². The molecule has 0 aromatic heterocycles. The first kappa shape index (κ1) is 12.8. The first-order valence-electron chi connectivity index (χ1n) is 6.04. The fourth-order valence-electron chi connectivity index (χ4n) is 1.87. The lowest BCUT2D eigenvalue weighted by Crippen LogP contribution is -2.05. The number of hydrogen-bond donors (Lipinski definition) is 0. The molecule has 102 valence electrons. The van der Waals surface area contributed by atoms with Crippen molar-refractivity contribution in [3.63, 3.8) is 0 Å². The molecule has 2 aromatic rings. The van der Waals surface area contributed by atoms with Crippen LogP contribution in [0, 0.1) is 0 Å². The van der Waals surface area contributed by atoms with Gasteiger partial charge in [-0.05, 0) is 24.3 Å². The van der Waals surface area contributed by atoms with Crippen molar-refractivity contribution in [2.75, 3.05) is 6.79 Å². The van der Waals surface area contributed by atoms with Crippen LogP contribution >= 0.6 is 11.6 Å². The standard InChI is InChI=1S/C15H11ClO4/c16-12-4-2-1-3-11(12)8-18-15(17)10-5-6-13-14(7-10)20-9-19-13/h1-7H,8-9H2. The van der Waals surface area contributed by atoms with Gasteiger partial charge in [-0.15, -0.1) is 0 Å².